The van der Waals surface area contributed by atoms with Gasteiger partial charge in [-0.15, -0.1) is 0 Å². The van der Waals surface area contributed by atoms with E-state index >= 15 is 0 Å². The number of likely N-dealkylation sites (N-methyl/N-ethyl adjacent to an activating group) is 1. The molecule has 2 atom stereocenters. The molecule has 0 amide bonds. The third-order valence-corrected chi connectivity index (χ3v) is 2.75. The number of phenols is 2. The maximum atomic E-state index is 9.85. The lowest BCUT2D eigenvalue weighted by atomic mass is 10.1. The fourth-order valence-electron chi connectivity index (χ4n) is 1.49. The number of hydrogen-bond donors (Lipinski definition) is 6. The van der Waals surface area contributed by atoms with Gasteiger partial charge in [0, 0.05) is 5.97 Å². The SMILES string of the molecule is C[NH2+]CC(O)c1ccc(O)c(O)c1.O=C([O-])CCC(O)C(=O)O. The van der Waals surface area contributed by atoms with E-state index in [-0.39, 0.29) is 17.9 Å². The first-order chi connectivity index (χ1) is 10.7. The van der Waals surface area contributed by atoms with Crippen LogP contribution < -0.4 is 10.4 Å². The topological polar surface area (TPSA) is 175 Å². The standard InChI is InChI=1S/C9H13NO3.C5H8O5/c1-10-5-9(13)6-2-3-7(11)8(12)4-6;6-3(5(9)10)1-2-4(7)8/h2-4,9-13H,5H2,1H3;3,6H,1-2H2,(H,7,8)(H,9,10). The number of nitrogens with two attached hydrogens (primary N) is 1. The normalized spacial score (nSPS) is 12.7. The molecule has 7 N–H and O–H groups in total. The molecule has 0 saturated carbocycles. The number of benzene rings is 1. The molecule has 1 aromatic rings. The highest BCUT2D eigenvalue weighted by atomic mass is 16.4. The summed E-state index contributed by atoms with van der Waals surface area (Å²) in [5, 5.41) is 55.7. The predicted molar refractivity (Wildman–Crippen MR) is 75.3 cm³/mol. The van der Waals surface area contributed by atoms with Crippen molar-refractivity contribution in [3.05, 3.63) is 23.8 Å². The Balaban J connectivity index is 0.000000438. The van der Waals surface area contributed by atoms with Crippen LogP contribution in [-0.2, 0) is 9.59 Å². The lowest BCUT2D eigenvalue weighted by molar-refractivity contribution is -0.634. The number of carboxylic acids is 2. The Kier molecular flexibility index (Phi) is 9.31. The van der Waals surface area contributed by atoms with Crippen LogP contribution in [0.15, 0.2) is 18.2 Å². The van der Waals surface area contributed by atoms with Crippen molar-refractivity contribution in [1.29, 1.82) is 0 Å². The largest absolute Gasteiger partial charge is 0.550 e. The molecule has 1 rings (SSSR count). The second-order valence-electron chi connectivity index (χ2n) is 4.67. The minimum atomic E-state index is -1.60. The number of carbonyl (C=O) groups is 2. The predicted octanol–water partition coefficient (Wildman–Crippen LogP) is -2.71. The molecule has 0 aliphatic heterocycles. The molecular weight excluding hydrogens is 310 g/mol. The lowest BCUT2D eigenvalue weighted by Crippen LogP contribution is -2.80. The summed E-state index contributed by atoms with van der Waals surface area (Å²) < 4.78 is 0. The van der Waals surface area contributed by atoms with Crippen LogP contribution in [0.4, 0.5) is 0 Å². The highest BCUT2D eigenvalue weighted by Gasteiger charge is 2.11. The molecule has 0 radical (unpaired) electrons. The molecule has 130 valence electrons. The van der Waals surface area contributed by atoms with Gasteiger partial charge in [0.05, 0.1) is 7.05 Å². The number of carbonyl (C=O) groups excluding carboxylic acids is 1. The monoisotopic (exact) mass is 331 g/mol. The molecule has 0 aromatic heterocycles. The number of aliphatic hydroxyl groups is 2. The minimum Gasteiger partial charge on any atom is -0.550 e. The molecule has 0 aliphatic rings. The second-order valence-corrected chi connectivity index (χ2v) is 4.67. The molecule has 0 fully saturated rings. The first-order valence-electron chi connectivity index (χ1n) is 6.77. The molecule has 0 saturated heterocycles. The summed E-state index contributed by atoms with van der Waals surface area (Å²) in [6, 6.07) is 4.32. The molecule has 0 bridgehead atoms. The van der Waals surface area contributed by atoms with Crippen LogP contribution in [0.3, 0.4) is 0 Å². The molecule has 2 unspecified atom stereocenters. The van der Waals surface area contributed by atoms with Gasteiger partial charge in [-0.05, 0) is 30.5 Å². The molecule has 9 heteroatoms. The molecular formula is C14H21NO8. The Labute approximate surface area is 132 Å². The van der Waals surface area contributed by atoms with Gasteiger partial charge < -0.3 is 40.8 Å². The Morgan fingerprint density at radius 3 is 2.26 bits per heavy atom. The van der Waals surface area contributed by atoms with E-state index in [2.05, 4.69) is 0 Å². The highest BCUT2D eigenvalue weighted by Crippen LogP contribution is 2.27. The van der Waals surface area contributed by atoms with Crippen molar-refractivity contribution < 1.29 is 45.5 Å². The summed E-state index contributed by atoms with van der Waals surface area (Å²) in [5.41, 5.74) is 0.605. The van der Waals surface area contributed by atoms with E-state index in [0.29, 0.717) is 12.1 Å². The fraction of sp³-hybridized carbons (Fsp3) is 0.429. The van der Waals surface area contributed by atoms with Crippen LogP contribution in [0.25, 0.3) is 0 Å². The molecule has 9 nitrogen and oxygen atoms in total. The summed E-state index contributed by atoms with van der Waals surface area (Å²) >= 11 is 0. The minimum absolute atomic E-state index is 0.170. The van der Waals surface area contributed by atoms with Crippen LogP contribution in [0.2, 0.25) is 0 Å². The van der Waals surface area contributed by atoms with E-state index in [1.54, 1.807) is 6.07 Å². The van der Waals surface area contributed by atoms with E-state index in [0.717, 1.165) is 0 Å². The molecule has 0 heterocycles. The Morgan fingerprint density at radius 1 is 1.22 bits per heavy atom. The molecule has 1 aromatic carbocycles. The number of aromatic hydroxyl groups is 2. The van der Waals surface area contributed by atoms with Crippen molar-refractivity contribution in [2.45, 2.75) is 25.0 Å². The van der Waals surface area contributed by atoms with Gasteiger partial charge in [-0.25, -0.2) is 4.79 Å². The number of phenolic OH excluding ortho intramolecular Hbond substituents is 2. The van der Waals surface area contributed by atoms with Crippen LogP contribution in [0, 0.1) is 0 Å². The number of hydrogen-bond acceptors (Lipinski definition) is 7. The zero-order valence-corrected chi connectivity index (χ0v) is 12.5. The number of rotatable bonds is 7. The second kappa shape index (κ2) is 10.4. The summed E-state index contributed by atoms with van der Waals surface area (Å²) in [7, 11) is 1.85. The van der Waals surface area contributed by atoms with E-state index < -0.39 is 30.6 Å². The fourth-order valence-corrected chi connectivity index (χ4v) is 1.49. The Bertz CT molecular complexity index is 519. The van der Waals surface area contributed by atoms with Gasteiger partial charge in [0.2, 0.25) is 0 Å². The van der Waals surface area contributed by atoms with E-state index in [1.807, 2.05) is 12.4 Å². The quantitative estimate of drug-likeness (QED) is 0.292. The Hall–Kier alpha value is -2.36. The van der Waals surface area contributed by atoms with Gasteiger partial charge in [0.25, 0.3) is 0 Å². The zero-order valence-electron chi connectivity index (χ0n) is 12.5. The van der Waals surface area contributed by atoms with Crippen molar-refractivity contribution in [3.8, 4) is 11.5 Å². The van der Waals surface area contributed by atoms with E-state index in [9.17, 15) is 19.8 Å². The van der Waals surface area contributed by atoms with Crippen LogP contribution >= 0.6 is 0 Å². The van der Waals surface area contributed by atoms with Gasteiger partial charge >= 0.3 is 5.97 Å². The van der Waals surface area contributed by atoms with Gasteiger partial charge in [-0.1, -0.05) is 6.07 Å². The van der Waals surface area contributed by atoms with Crippen molar-refractivity contribution in [2.24, 2.45) is 0 Å². The third kappa shape index (κ3) is 8.61. The summed E-state index contributed by atoms with van der Waals surface area (Å²) in [6.07, 6.45) is -2.96. The van der Waals surface area contributed by atoms with Gasteiger partial charge in [-0.2, -0.15) is 0 Å². The molecule has 0 aliphatic carbocycles. The number of carboxylic acid groups (broad SMARTS) is 2. The van der Waals surface area contributed by atoms with Crippen molar-refractivity contribution in [1.82, 2.24) is 0 Å². The highest BCUT2D eigenvalue weighted by molar-refractivity contribution is 5.73. The molecule has 23 heavy (non-hydrogen) atoms. The molecule has 0 spiro atoms. The summed E-state index contributed by atoms with van der Waals surface area (Å²) in [4.78, 5) is 19.6. The van der Waals surface area contributed by atoms with Crippen molar-refractivity contribution >= 4 is 11.9 Å². The zero-order chi connectivity index (χ0) is 18.0. The number of quaternary nitrogens is 1. The average Bonchev–Trinajstić information content (AvgIpc) is 2.48. The smallest absolute Gasteiger partial charge is 0.332 e. The first kappa shape index (κ1) is 20.6. The van der Waals surface area contributed by atoms with E-state index in [4.69, 9.17) is 20.4 Å². The maximum absolute atomic E-state index is 9.85. The third-order valence-electron chi connectivity index (χ3n) is 2.75. The number of aliphatic hydroxyl groups excluding tert-OH is 2. The van der Waals surface area contributed by atoms with Gasteiger partial charge in [-0.3, -0.25) is 0 Å². The number of aliphatic carboxylic acids is 2. The first-order valence-corrected chi connectivity index (χ1v) is 6.77. The van der Waals surface area contributed by atoms with Crippen molar-refractivity contribution in [2.75, 3.05) is 13.6 Å². The lowest BCUT2D eigenvalue weighted by Gasteiger charge is -2.08. The average molecular weight is 331 g/mol. The van der Waals surface area contributed by atoms with Crippen LogP contribution in [0.1, 0.15) is 24.5 Å². The Morgan fingerprint density at radius 2 is 1.83 bits per heavy atom. The van der Waals surface area contributed by atoms with Crippen LogP contribution in [-0.4, -0.2) is 57.2 Å². The van der Waals surface area contributed by atoms with Crippen LogP contribution in [0.5, 0.6) is 11.5 Å². The maximum Gasteiger partial charge on any atom is 0.332 e. The van der Waals surface area contributed by atoms with E-state index in [1.165, 1.54) is 12.1 Å². The summed E-state index contributed by atoms with van der Waals surface area (Å²) in [5.74, 6) is -3.15. The van der Waals surface area contributed by atoms with Gasteiger partial charge in [0.1, 0.15) is 12.6 Å². The van der Waals surface area contributed by atoms with Gasteiger partial charge in [0.15, 0.2) is 17.6 Å². The van der Waals surface area contributed by atoms with Crippen molar-refractivity contribution in [3.63, 3.8) is 0 Å². The summed E-state index contributed by atoms with van der Waals surface area (Å²) in [6.45, 7) is 0.532.